The molecule has 0 bridgehead atoms. The van der Waals surface area contributed by atoms with E-state index in [1.54, 1.807) is 0 Å². The Morgan fingerprint density at radius 3 is 2.63 bits per heavy atom. The second kappa shape index (κ2) is 5.69. The van der Waals surface area contributed by atoms with Crippen LogP contribution >= 0.6 is 11.3 Å². The first-order valence-corrected chi connectivity index (χ1v) is 10.4. The molecule has 0 radical (unpaired) electrons. The van der Waals surface area contributed by atoms with Crippen molar-refractivity contribution in [3.63, 3.8) is 0 Å². The molecule has 6 rings (SSSR count). The largest absolute Gasteiger partial charge is 0.324 e. The Kier molecular flexibility index (Phi) is 3.25. The highest BCUT2D eigenvalue weighted by Gasteiger charge is 2.28. The Balaban J connectivity index is 1.69. The van der Waals surface area contributed by atoms with Crippen molar-refractivity contribution in [3.05, 3.63) is 78.0 Å². The normalized spacial score (nSPS) is 18.6. The summed E-state index contributed by atoms with van der Waals surface area (Å²) in [7, 11) is 0. The van der Waals surface area contributed by atoms with E-state index in [1.165, 1.54) is 48.4 Å². The van der Waals surface area contributed by atoms with Gasteiger partial charge in [-0.2, -0.15) is 0 Å². The van der Waals surface area contributed by atoms with Gasteiger partial charge in [0.25, 0.3) is 0 Å². The van der Waals surface area contributed by atoms with E-state index >= 15 is 0 Å². The predicted molar refractivity (Wildman–Crippen MR) is 116 cm³/mol. The molecule has 0 saturated heterocycles. The number of nitrogens with two attached hydrogens (primary N) is 1. The highest BCUT2D eigenvalue weighted by atomic mass is 32.1. The quantitative estimate of drug-likeness (QED) is 0.456. The molecular formula is C24H20N2S. The van der Waals surface area contributed by atoms with Crippen LogP contribution in [0.2, 0.25) is 0 Å². The Morgan fingerprint density at radius 1 is 0.963 bits per heavy atom. The molecule has 132 valence electrons. The number of aryl methyl sites for hydroxylation is 1. The Bertz CT molecular complexity index is 1270. The molecule has 2 aromatic heterocycles. The van der Waals surface area contributed by atoms with Crippen LogP contribution in [-0.4, -0.2) is 10.6 Å². The van der Waals surface area contributed by atoms with E-state index in [0.717, 1.165) is 19.3 Å². The number of benzene rings is 2. The zero-order chi connectivity index (χ0) is 18.0. The Hall–Kier alpha value is -2.62. The smallest absolute Gasteiger partial charge is 0.0538 e. The van der Waals surface area contributed by atoms with E-state index in [-0.39, 0.29) is 6.04 Å². The first-order valence-electron chi connectivity index (χ1n) is 9.58. The third kappa shape index (κ3) is 2.16. The van der Waals surface area contributed by atoms with Gasteiger partial charge in [0.15, 0.2) is 0 Å². The lowest BCUT2D eigenvalue weighted by Crippen LogP contribution is -2.18. The molecule has 2 nitrogen and oxygen atoms in total. The van der Waals surface area contributed by atoms with Crippen LogP contribution in [0.15, 0.2) is 66.8 Å². The number of aromatic nitrogens is 1. The monoisotopic (exact) mass is 368 g/mol. The molecule has 2 aromatic carbocycles. The van der Waals surface area contributed by atoms with E-state index in [4.69, 9.17) is 5.73 Å². The zero-order valence-corrected chi connectivity index (χ0v) is 15.8. The maximum Gasteiger partial charge on any atom is 0.0538 e. The zero-order valence-electron chi connectivity index (χ0n) is 15.0. The molecule has 1 unspecified atom stereocenters. The minimum atomic E-state index is 0.139. The average Bonchev–Trinajstić information content (AvgIpc) is 3.24. The van der Waals surface area contributed by atoms with Crippen LogP contribution in [-0.2, 0) is 12.8 Å². The number of nitrogens with zero attached hydrogens (tertiary/aromatic N) is 1. The third-order valence-electron chi connectivity index (χ3n) is 5.88. The molecule has 1 atom stereocenters. The van der Waals surface area contributed by atoms with Crippen molar-refractivity contribution in [3.8, 4) is 10.4 Å². The molecule has 3 heteroatoms. The number of allylic oxidation sites excluding steroid dienone is 2. The van der Waals surface area contributed by atoms with Crippen LogP contribution in [0.5, 0.6) is 0 Å². The van der Waals surface area contributed by atoms with E-state index in [2.05, 4.69) is 71.3 Å². The summed E-state index contributed by atoms with van der Waals surface area (Å²) < 4.78 is 3.87. The fourth-order valence-corrected chi connectivity index (χ4v) is 5.99. The van der Waals surface area contributed by atoms with Crippen molar-refractivity contribution in [2.75, 3.05) is 0 Å². The number of hydrogen-bond donors (Lipinski definition) is 1. The highest BCUT2D eigenvalue weighted by molar-refractivity contribution is 7.22. The van der Waals surface area contributed by atoms with Crippen molar-refractivity contribution in [2.24, 2.45) is 5.73 Å². The molecule has 2 heterocycles. The van der Waals surface area contributed by atoms with Crippen LogP contribution in [0.1, 0.15) is 17.7 Å². The summed E-state index contributed by atoms with van der Waals surface area (Å²) in [4.78, 5) is 1.46. The van der Waals surface area contributed by atoms with Crippen LogP contribution in [0.3, 0.4) is 0 Å². The minimum Gasteiger partial charge on any atom is -0.324 e. The van der Waals surface area contributed by atoms with Crippen LogP contribution < -0.4 is 5.73 Å². The number of para-hydroxylation sites is 1. The van der Waals surface area contributed by atoms with Gasteiger partial charge in [0, 0.05) is 38.0 Å². The second-order valence-corrected chi connectivity index (χ2v) is 8.52. The number of hydrogen-bond acceptors (Lipinski definition) is 2. The highest BCUT2D eigenvalue weighted by Crippen LogP contribution is 2.48. The molecule has 2 aliphatic rings. The number of rotatable bonds is 1. The van der Waals surface area contributed by atoms with Gasteiger partial charge in [0.1, 0.15) is 0 Å². The fraction of sp³-hybridized carbons (Fsp3) is 0.167. The van der Waals surface area contributed by atoms with Gasteiger partial charge in [0.05, 0.1) is 5.52 Å². The van der Waals surface area contributed by atoms with E-state index < -0.39 is 0 Å². The summed E-state index contributed by atoms with van der Waals surface area (Å²) in [6.07, 6.45) is 9.71. The fourth-order valence-electron chi connectivity index (χ4n) is 4.66. The molecule has 0 fully saturated rings. The first kappa shape index (κ1) is 15.4. The maximum atomic E-state index is 6.07. The summed E-state index contributed by atoms with van der Waals surface area (Å²) in [6, 6.07) is 17.8. The molecule has 2 N–H and O–H groups in total. The summed E-state index contributed by atoms with van der Waals surface area (Å²) in [5.74, 6) is 0. The lowest BCUT2D eigenvalue weighted by molar-refractivity contribution is 0.814. The Morgan fingerprint density at radius 2 is 1.78 bits per heavy atom. The SMILES string of the molecule is NC1C=CC(n2c3c(c4ccccc42)-c2sc4ccccc4c2CC3)=CC1. The van der Waals surface area contributed by atoms with Gasteiger partial charge in [0.2, 0.25) is 0 Å². The standard InChI is InChI=1S/C24H20N2S/c25-15-9-11-16(12-10-15)26-20-7-3-1-6-19(20)23-21(26)14-13-18-17-5-2-4-8-22(17)27-24(18)23/h1-9,11-12,15H,10,13-14,25H2. The van der Waals surface area contributed by atoms with Gasteiger partial charge in [-0.15, -0.1) is 11.3 Å². The summed E-state index contributed by atoms with van der Waals surface area (Å²) in [5.41, 5.74) is 13.1. The van der Waals surface area contributed by atoms with Crippen molar-refractivity contribution in [2.45, 2.75) is 25.3 Å². The molecular weight excluding hydrogens is 348 g/mol. The Labute approximate surface area is 162 Å². The van der Waals surface area contributed by atoms with Gasteiger partial charge in [-0.25, -0.2) is 0 Å². The maximum absolute atomic E-state index is 6.07. The molecule has 2 aliphatic carbocycles. The lowest BCUT2D eigenvalue weighted by atomic mass is 9.93. The summed E-state index contributed by atoms with van der Waals surface area (Å²) in [6.45, 7) is 0. The molecule has 4 aromatic rings. The van der Waals surface area contributed by atoms with Gasteiger partial charge in [-0.05, 0) is 48.4 Å². The van der Waals surface area contributed by atoms with Crippen molar-refractivity contribution < 1.29 is 0 Å². The minimum absolute atomic E-state index is 0.139. The van der Waals surface area contributed by atoms with E-state index in [1.807, 2.05) is 11.3 Å². The molecule has 0 saturated carbocycles. The van der Waals surface area contributed by atoms with Crippen molar-refractivity contribution in [1.82, 2.24) is 4.57 Å². The molecule has 27 heavy (non-hydrogen) atoms. The predicted octanol–water partition coefficient (Wildman–Crippen LogP) is 5.75. The van der Waals surface area contributed by atoms with Gasteiger partial charge >= 0.3 is 0 Å². The van der Waals surface area contributed by atoms with Gasteiger partial charge in [-0.1, -0.05) is 48.6 Å². The number of fused-ring (bicyclic) bond motifs is 7. The van der Waals surface area contributed by atoms with Crippen LogP contribution in [0.25, 0.3) is 37.1 Å². The molecule has 0 aliphatic heterocycles. The van der Waals surface area contributed by atoms with Gasteiger partial charge < -0.3 is 10.3 Å². The van der Waals surface area contributed by atoms with E-state index in [9.17, 15) is 0 Å². The molecule has 0 spiro atoms. The van der Waals surface area contributed by atoms with Crippen LogP contribution in [0, 0.1) is 0 Å². The first-order chi connectivity index (χ1) is 13.3. The summed E-state index contributed by atoms with van der Waals surface area (Å²) >= 11 is 1.95. The van der Waals surface area contributed by atoms with Crippen LogP contribution in [0.4, 0.5) is 0 Å². The summed E-state index contributed by atoms with van der Waals surface area (Å²) in [5, 5.41) is 2.80. The van der Waals surface area contributed by atoms with Gasteiger partial charge in [-0.3, -0.25) is 0 Å². The lowest BCUT2D eigenvalue weighted by Gasteiger charge is -2.20. The van der Waals surface area contributed by atoms with Crippen molar-refractivity contribution >= 4 is 38.0 Å². The van der Waals surface area contributed by atoms with Crippen molar-refractivity contribution in [1.29, 1.82) is 0 Å². The van der Waals surface area contributed by atoms with E-state index in [0.29, 0.717) is 0 Å². The third-order valence-corrected chi connectivity index (χ3v) is 7.11. The molecule has 0 amide bonds. The topological polar surface area (TPSA) is 30.9 Å². The average molecular weight is 369 g/mol. The second-order valence-electron chi connectivity index (χ2n) is 7.47. The number of thiophene rings is 1.